The summed E-state index contributed by atoms with van der Waals surface area (Å²) in [7, 11) is -3.48. The van der Waals surface area contributed by atoms with Gasteiger partial charge in [0.05, 0.1) is 13.2 Å². The lowest BCUT2D eigenvalue weighted by Gasteiger charge is -2.27. The molecule has 1 aliphatic rings. The number of rotatable bonds is 7. The minimum Gasteiger partial charge on any atom is -0.481 e. The maximum atomic E-state index is 11.9. The van der Waals surface area contributed by atoms with E-state index in [2.05, 4.69) is 4.72 Å². The molecule has 1 atom stereocenters. The van der Waals surface area contributed by atoms with Crippen LogP contribution in [0.2, 0.25) is 0 Å². The Morgan fingerprint density at radius 1 is 1.44 bits per heavy atom. The van der Waals surface area contributed by atoms with E-state index in [1.807, 2.05) is 0 Å². The third-order valence-electron chi connectivity index (χ3n) is 2.69. The van der Waals surface area contributed by atoms with E-state index in [0.717, 1.165) is 0 Å². The van der Waals surface area contributed by atoms with Gasteiger partial charge in [-0.25, -0.2) is 0 Å². The number of nitrogens with zero attached hydrogens (tertiary/aromatic N) is 1. The summed E-state index contributed by atoms with van der Waals surface area (Å²) in [5, 5.41) is 8.50. The highest BCUT2D eigenvalue weighted by atomic mass is 32.2. The van der Waals surface area contributed by atoms with Crippen molar-refractivity contribution in [1.82, 2.24) is 9.03 Å². The predicted molar refractivity (Wildman–Crippen MR) is 65.4 cm³/mol. The normalized spacial score (nSPS) is 19.6. The number of nitrogens with one attached hydrogen (secondary N) is 1. The average molecular weight is 280 g/mol. The molecule has 0 aliphatic carbocycles. The van der Waals surface area contributed by atoms with Crippen molar-refractivity contribution in [1.29, 1.82) is 0 Å². The lowest BCUT2D eigenvalue weighted by Crippen LogP contribution is -2.48. The van der Waals surface area contributed by atoms with Crippen LogP contribution in [0.15, 0.2) is 0 Å². The van der Waals surface area contributed by atoms with E-state index in [9.17, 15) is 13.2 Å². The first-order valence-electron chi connectivity index (χ1n) is 5.99. The zero-order chi connectivity index (χ0) is 13.6. The van der Waals surface area contributed by atoms with Gasteiger partial charge in [-0.15, -0.1) is 0 Å². The summed E-state index contributed by atoms with van der Waals surface area (Å²) in [6.07, 6.45) is 1.03. The summed E-state index contributed by atoms with van der Waals surface area (Å²) in [5.41, 5.74) is 0. The molecule has 7 nitrogen and oxygen atoms in total. The summed E-state index contributed by atoms with van der Waals surface area (Å²) in [5.74, 6) is -0.863. The minimum absolute atomic E-state index is 0.0591. The van der Waals surface area contributed by atoms with E-state index in [1.54, 1.807) is 6.92 Å². The third kappa shape index (κ3) is 5.30. The Hall–Kier alpha value is -0.700. The molecule has 1 unspecified atom stereocenters. The van der Waals surface area contributed by atoms with Gasteiger partial charge in [-0.05, 0) is 19.8 Å². The first-order valence-corrected chi connectivity index (χ1v) is 7.43. The largest absolute Gasteiger partial charge is 0.481 e. The molecule has 0 spiro atoms. The molecular weight excluding hydrogens is 260 g/mol. The van der Waals surface area contributed by atoms with Crippen LogP contribution in [0.1, 0.15) is 26.2 Å². The fourth-order valence-corrected chi connectivity index (χ4v) is 3.14. The highest BCUT2D eigenvalue weighted by Gasteiger charge is 2.25. The van der Waals surface area contributed by atoms with E-state index in [1.165, 1.54) is 4.31 Å². The molecule has 1 fully saturated rings. The number of hydrogen-bond donors (Lipinski definition) is 2. The van der Waals surface area contributed by atoms with Gasteiger partial charge in [0, 0.05) is 25.6 Å². The zero-order valence-corrected chi connectivity index (χ0v) is 11.3. The van der Waals surface area contributed by atoms with Gasteiger partial charge >= 0.3 is 5.97 Å². The Morgan fingerprint density at radius 3 is 2.61 bits per heavy atom. The summed E-state index contributed by atoms with van der Waals surface area (Å²) in [6.45, 7) is 3.27. The molecule has 0 aromatic carbocycles. The maximum Gasteiger partial charge on any atom is 0.303 e. The molecule has 1 rings (SSSR count). The second-order valence-electron chi connectivity index (χ2n) is 4.32. The van der Waals surface area contributed by atoms with E-state index in [4.69, 9.17) is 9.84 Å². The quantitative estimate of drug-likeness (QED) is 0.673. The van der Waals surface area contributed by atoms with E-state index in [-0.39, 0.29) is 12.5 Å². The molecule has 0 radical (unpaired) electrons. The Kier molecular flexibility index (Phi) is 6.00. The van der Waals surface area contributed by atoms with Crippen LogP contribution in [-0.2, 0) is 19.7 Å². The molecule has 2 N–H and O–H groups in total. The van der Waals surface area contributed by atoms with Crippen LogP contribution in [0.5, 0.6) is 0 Å². The van der Waals surface area contributed by atoms with E-state index >= 15 is 0 Å². The first kappa shape index (κ1) is 15.4. The lowest BCUT2D eigenvalue weighted by atomic mass is 10.1. The predicted octanol–water partition coefficient (Wildman–Crippen LogP) is -0.204. The molecule has 0 bridgehead atoms. The van der Waals surface area contributed by atoms with Gasteiger partial charge in [-0.2, -0.15) is 17.4 Å². The smallest absolute Gasteiger partial charge is 0.303 e. The van der Waals surface area contributed by atoms with Gasteiger partial charge in [0.25, 0.3) is 10.2 Å². The standard InChI is InChI=1S/C10H20N2O5S/c1-9(3-2-4-10(13)14)11-18(15,16)12-5-7-17-8-6-12/h9,11H,2-8H2,1H3,(H,13,14). The van der Waals surface area contributed by atoms with Gasteiger partial charge in [0.1, 0.15) is 0 Å². The van der Waals surface area contributed by atoms with Crippen LogP contribution in [0.25, 0.3) is 0 Å². The van der Waals surface area contributed by atoms with Crippen molar-refractivity contribution in [3.05, 3.63) is 0 Å². The van der Waals surface area contributed by atoms with Crippen molar-refractivity contribution >= 4 is 16.2 Å². The molecule has 1 aliphatic heterocycles. The molecule has 0 saturated carbocycles. The molecular formula is C10H20N2O5S. The first-order chi connectivity index (χ1) is 8.42. The molecule has 0 aromatic rings. The highest BCUT2D eigenvalue weighted by Crippen LogP contribution is 2.07. The third-order valence-corrected chi connectivity index (χ3v) is 4.43. The van der Waals surface area contributed by atoms with Gasteiger partial charge in [0.15, 0.2) is 0 Å². The van der Waals surface area contributed by atoms with Gasteiger partial charge in [-0.3, -0.25) is 4.79 Å². The number of ether oxygens (including phenoxy) is 1. The summed E-state index contributed by atoms with van der Waals surface area (Å²) < 4.78 is 32.9. The van der Waals surface area contributed by atoms with Crippen molar-refractivity contribution < 1.29 is 23.1 Å². The van der Waals surface area contributed by atoms with Crippen LogP contribution in [0.3, 0.4) is 0 Å². The molecule has 0 aromatic heterocycles. The molecule has 8 heteroatoms. The van der Waals surface area contributed by atoms with Crippen LogP contribution in [0, 0.1) is 0 Å². The minimum atomic E-state index is -3.48. The highest BCUT2D eigenvalue weighted by molar-refractivity contribution is 7.87. The number of carboxylic acids is 1. The second kappa shape index (κ2) is 7.03. The Morgan fingerprint density at radius 2 is 2.06 bits per heavy atom. The molecule has 0 amide bonds. The number of morpholine rings is 1. The topological polar surface area (TPSA) is 95.9 Å². The van der Waals surface area contributed by atoms with E-state index in [0.29, 0.717) is 39.1 Å². The summed E-state index contributed by atoms with van der Waals surface area (Å²) >= 11 is 0. The van der Waals surface area contributed by atoms with Gasteiger partial charge < -0.3 is 9.84 Å². The van der Waals surface area contributed by atoms with Crippen molar-refractivity contribution in [2.24, 2.45) is 0 Å². The van der Waals surface area contributed by atoms with Gasteiger partial charge in [0.2, 0.25) is 0 Å². The summed E-state index contributed by atoms with van der Waals surface area (Å²) in [4.78, 5) is 10.4. The van der Waals surface area contributed by atoms with Gasteiger partial charge in [-0.1, -0.05) is 0 Å². The monoisotopic (exact) mass is 280 g/mol. The van der Waals surface area contributed by atoms with Crippen LogP contribution in [-0.4, -0.2) is 56.1 Å². The fourth-order valence-electron chi connectivity index (χ4n) is 1.73. The average Bonchev–Trinajstić information content (AvgIpc) is 2.29. The summed E-state index contributed by atoms with van der Waals surface area (Å²) in [6, 6.07) is -0.266. The lowest BCUT2D eigenvalue weighted by molar-refractivity contribution is -0.137. The molecule has 106 valence electrons. The molecule has 1 saturated heterocycles. The molecule has 18 heavy (non-hydrogen) atoms. The Balaban J connectivity index is 2.36. The Bertz CT molecular complexity index is 364. The number of hydrogen-bond acceptors (Lipinski definition) is 4. The van der Waals surface area contributed by atoms with Crippen molar-refractivity contribution in [3.63, 3.8) is 0 Å². The second-order valence-corrected chi connectivity index (χ2v) is 6.02. The van der Waals surface area contributed by atoms with Crippen molar-refractivity contribution in [2.45, 2.75) is 32.2 Å². The zero-order valence-electron chi connectivity index (χ0n) is 10.5. The maximum absolute atomic E-state index is 11.9. The molecule has 1 heterocycles. The van der Waals surface area contributed by atoms with Crippen LogP contribution >= 0.6 is 0 Å². The van der Waals surface area contributed by atoms with Crippen LogP contribution in [0.4, 0.5) is 0 Å². The fraction of sp³-hybridized carbons (Fsp3) is 0.900. The number of carbonyl (C=O) groups is 1. The van der Waals surface area contributed by atoms with E-state index < -0.39 is 16.2 Å². The van der Waals surface area contributed by atoms with Crippen molar-refractivity contribution in [2.75, 3.05) is 26.3 Å². The van der Waals surface area contributed by atoms with Crippen molar-refractivity contribution in [3.8, 4) is 0 Å². The van der Waals surface area contributed by atoms with Crippen LogP contribution < -0.4 is 4.72 Å². The Labute approximate surface area is 107 Å². The number of aliphatic carboxylic acids is 1. The SMILES string of the molecule is CC(CCCC(=O)O)NS(=O)(=O)N1CCOCC1. The number of carboxylic acid groups (broad SMARTS) is 1.